The first kappa shape index (κ1) is 23.2. The molecule has 1 atom stereocenters. The third kappa shape index (κ3) is 5.93. The Bertz CT molecular complexity index is 940. The van der Waals surface area contributed by atoms with E-state index in [4.69, 9.17) is 0 Å². The molecule has 30 heavy (non-hydrogen) atoms. The minimum atomic E-state index is -0.897. The van der Waals surface area contributed by atoms with Gasteiger partial charge in [0.1, 0.15) is 6.04 Å². The van der Waals surface area contributed by atoms with Crippen molar-refractivity contribution in [3.8, 4) is 11.8 Å². The highest BCUT2D eigenvalue weighted by Gasteiger charge is 2.34. The molecule has 0 fully saturated rings. The van der Waals surface area contributed by atoms with Gasteiger partial charge in [0.05, 0.1) is 0 Å². The van der Waals surface area contributed by atoms with Gasteiger partial charge in [0.15, 0.2) is 0 Å². The third-order valence-electron chi connectivity index (χ3n) is 4.47. The van der Waals surface area contributed by atoms with Crippen molar-refractivity contribution in [3.05, 3.63) is 59.9 Å². The number of aromatic nitrogens is 1. The van der Waals surface area contributed by atoms with E-state index in [1.54, 1.807) is 31.5 Å². The average molecular weight is 406 g/mol. The molecule has 2 amide bonds. The zero-order valence-electron chi connectivity index (χ0n) is 18.9. The molecule has 5 heteroatoms. The van der Waals surface area contributed by atoms with Crippen molar-refractivity contribution in [2.24, 2.45) is 0 Å². The van der Waals surface area contributed by atoms with Gasteiger partial charge in [-0.3, -0.25) is 19.5 Å². The molecule has 0 spiro atoms. The molecule has 2 aromatic rings. The number of benzene rings is 1. The van der Waals surface area contributed by atoms with Gasteiger partial charge in [-0.25, -0.2) is 0 Å². The number of nitrogens with zero attached hydrogens (tertiary/aromatic N) is 2. The average Bonchev–Trinajstić information content (AvgIpc) is 2.64. The Labute approximate surface area is 179 Å². The summed E-state index contributed by atoms with van der Waals surface area (Å²) in [5.74, 6) is 4.52. The summed E-state index contributed by atoms with van der Waals surface area (Å²) in [5, 5.41) is 2.99. The van der Waals surface area contributed by atoms with Gasteiger partial charge in [0.25, 0.3) is 0 Å². The molecule has 158 valence electrons. The van der Waals surface area contributed by atoms with Crippen LogP contribution in [0.4, 0.5) is 5.69 Å². The molecule has 1 unspecified atom stereocenters. The molecule has 0 radical (unpaired) electrons. The van der Waals surface area contributed by atoms with E-state index in [9.17, 15) is 9.59 Å². The van der Waals surface area contributed by atoms with Crippen molar-refractivity contribution in [1.82, 2.24) is 10.3 Å². The highest BCUT2D eigenvalue weighted by Crippen LogP contribution is 2.31. The molecule has 1 aromatic heterocycles. The standard InChI is InChI=1S/C25H31N3O2/c1-8-10-21(29)28(20-14-12-19(13-15-20)24(2,3)4)22(18-11-9-16-26-17-18)23(30)27-25(5,6)7/h9,11-17,22H,1-7H3,(H,27,30). The molecule has 0 saturated carbocycles. The summed E-state index contributed by atoms with van der Waals surface area (Å²) in [7, 11) is 0. The lowest BCUT2D eigenvalue weighted by Crippen LogP contribution is -2.49. The number of amides is 2. The number of hydrogen-bond donors (Lipinski definition) is 1. The van der Waals surface area contributed by atoms with Gasteiger partial charge < -0.3 is 5.32 Å². The lowest BCUT2D eigenvalue weighted by atomic mass is 9.87. The Kier molecular flexibility index (Phi) is 7.04. The maximum Gasteiger partial charge on any atom is 0.303 e. The fraction of sp³-hybridized carbons (Fsp3) is 0.400. The van der Waals surface area contributed by atoms with Crippen molar-refractivity contribution < 1.29 is 9.59 Å². The molecule has 2 rings (SSSR count). The number of anilines is 1. The smallest absolute Gasteiger partial charge is 0.303 e. The first-order chi connectivity index (χ1) is 13.9. The van der Waals surface area contributed by atoms with E-state index in [0.717, 1.165) is 5.56 Å². The molecule has 1 aromatic carbocycles. The Morgan fingerprint density at radius 2 is 1.67 bits per heavy atom. The minimum Gasteiger partial charge on any atom is -0.349 e. The van der Waals surface area contributed by atoms with Gasteiger partial charge in [-0.05, 0) is 62.8 Å². The second-order valence-corrected chi connectivity index (χ2v) is 9.28. The van der Waals surface area contributed by atoms with Crippen molar-refractivity contribution in [2.45, 2.75) is 65.5 Å². The zero-order chi connectivity index (χ0) is 22.5. The summed E-state index contributed by atoms with van der Waals surface area (Å²) in [4.78, 5) is 32.0. The monoisotopic (exact) mass is 405 g/mol. The summed E-state index contributed by atoms with van der Waals surface area (Å²) in [5.41, 5.74) is 1.87. The van der Waals surface area contributed by atoms with Gasteiger partial charge >= 0.3 is 5.91 Å². The van der Waals surface area contributed by atoms with Crippen LogP contribution in [0.25, 0.3) is 0 Å². The number of carbonyl (C=O) groups excluding carboxylic acids is 2. The normalized spacial score (nSPS) is 12.4. The number of nitrogens with one attached hydrogen (secondary N) is 1. The number of rotatable bonds is 4. The molecule has 0 bridgehead atoms. The SMILES string of the molecule is CC#CC(=O)N(c1ccc(C(C)(C)C)cc1)C(C(=O)NC(C)(C)C)c1cccnc1. The highest BCUT2D eigenvalue weighted by molar-refractivity contribution is 6.10. The topological polar surface area (TPSA) is 62.3 Å². The molecule has 1 heterocycles. The van der Waals surface area contributed by atoms with Crippen LogP contribution in [0.1, 0.15) is 65.6 Å². The largest absolute Gasteiger partial charge is 0.349 e. The van der Waals surface area contributed by atoms with E-state index >= 15 is 0 Å². The summed E-state index contributed by atoms with van der Waals surface area (Å²) in [6, 6.07) is 10.3. The van der Waals surface area contributed by atoms with Crippen LogP contribution in [-0.4, -0.2) is 22.3 Å². The molecule has 0 aliphatic heterocycles. The van der Waals surface area contributed by atoms with Crippen LogP contribution in [0, 0.1) is 11.8 Å². The van der Waals surface area contributed by atoms with E-state index in [-0.39, 0.29) is 11.3 Å². The van der Waals surface area contributed by atoms with E-state index in [1.807, 2.05) is 45.0 Å². The Hall–Kier alpha value is -3.13. The van der Waals surface area contributed by atoms with Crippen molar-refractivity contribution >= 4 is 17.5 Å². The summed E-state index contributed by atoms with van der Waals surface area (Å²) < 4.78 is 0. The fourth-order valence-corrected chi connectivity index (χ4v) is 3.07. The third-order valence-corrected chi connectivity index (χ3v) is 4.47. The lowest BCUT2D eigenvalue weighted by Gasteiger charge is -2.32. The van der Waals surface area contributed by atoms with Crippen LogP contribution in [0.2, 0.25) is 0 Å². The molecule has 0 aliphatic carbocycles. The number of pyridine rings is 1. The van der Waals surface area contributed by atoms with Crippen molar-refractivity contribution in [3.63, 3.8) is 0 Å². The number of carbonyl (C=O) groups is 2. The Morgan fingerprint density at radius 3 is 2.13 bits per heavy atom. The lowest BCUT2D eigenvalue weighted by molar-refractivity contribution is -0.126. The zero-order valence-corrected chi connectivity index (χ0v) is 18.9. The molecule has 5 nitrogen and oxygen atoms in total. The van der Waals surface area contributed by atoms with Crippen LogP contribution in [0.5, 0.6) is 0 Å². The van der Waals surface area contributed by atoms with Crippen LogP contribution in [0.3, 0.4) is 0 Å². The second-order valence-electron chi connectivity index (χ2n) is 9.28. The van der Waals surface area contributed by atoms with Crippen LogP contribution in [0.15, 0.2) is 48.8 Å². The van der Waals surface area contributed by atoms with Crippen molar-refractivity contribution in [1.29, 1.82) is 0 Å². The van der Waals surface area contributed by atoms with E-state index in [0.29, 0.717) is 11.3 Å². The Morgan fingerprint density at radius 1 is 1.03 bits per heavy atom. The second kappa shape index (κ2) is 9.13. The molecule has 0 aliphatic rings. The van der Waals surface area contributed by atoms with Crippen LogP contribution < -0.4 is 10.2 Å². The van der Waals surface area contributed by atoms with Gasteiger partial charge in [0.2, 0.25) is 5.91 Å². The van der Waals surface area contributed by atoms with Gasteiger partial charge in [-0.15, -0.1) is 0 Å². The molecular weight excluding hydrogens is 374 g/mol. The molecular formula is C25H31N3O2. The fourth-order valence-electron chi connectivity index (χ4n) is 3.07. The first-order valence-corrected chi connectivity index (χ1v) is 10.0. The predicted molar refractivity (Wildman–Crippen MR) is 121 cm³/mol. The van der Waals surface area contributed by atoms with Crippen LogP contribution in [-0.2, 0) is 15.0 Å². The van der Waals surface area contributed by atoms with E-state index < -0.39 is 17.5 Å². The summed E-state index contributed by atoms with van der Waals surface area (Å²) >= 11 is 0. The molecule has 1 N–H and O–H groups in total. The maximum absolute atomic E-state index is 13.3. The maximum atomic E-state index is 13.3. The summed E-state index contributed by atoms with van der Waals surface area (Å²) in [6.45, 7) is 13.7. The Balaban J connectivity index is 2.63. The van der Waals surface area contributed by atoms with Gasteiger partial charge in [0, 0.05) is 29.2 Å². The van der Waals surface area contributed by atoms with Gasteiger partial charge in [-0.1, -0.05) is 44.9 Å². The number of hydrogen-bond acceptors (Lipinski definition) is 3. The van der Waals surface area contributed by atoms with E-state index in [2.05, 4.69) is 42.9 Å². The van der Waals surface area contributed by atoms with Crippen molar-refractivity contribution in [2.75, 3.05) is 4.90 Å². The minimum absolute atomic E-state index is 0.0248. The van der Waals surface area contributed by atoms with Crippen LogP contribution >= 0.6 is 0 Å². The van der Waals surface area contributed by atoms with Gasteiger partial charge in [-0.2, -0.15) is 0 Å². The quantitative estimate of drug-likeness (QED) is 0.768. The predicted octanol–water partition coefficient (Wildman–Crippen LogP) is 4.39. The highest BCUT2D eigenvalue weighted by atomic mass is 16.2. The molecule has 0 saturated heterocycles. The summed E-state index contributed by atoms with van der Waals surface area (Å²) in [6.07, 6.45) is 3.24. The van der Waals surface area contributed by atoms with E-state index in [1.165, 1.54) is 4.90 Å². The first-order valence-electron chi connectivity index (χ1n) is 10.0.